The fourth-order valence-electron chi connectivity index (χ4n) is 6.00. The number of sulfonamides is 1. The fraction of sp³-hybridized carbons (Fsp3) is 0.400. The topological polar surface area (TPSA) is 152 Å². The summed E-state index contributed by atoms with van der Waals surface area (Å²) in [6.45, 7) is 4.55. The smallest absolute Gasteiger partial charge is 0.407 e. The van der Waals surface area contributed by atoms with Crippen LogP contribution < -0.4 is 10.6 Å². The van der Waals surface area contributed by atoms with E-state index in [-0.39, 0.29) is 49.1 Å². The average molecular weight is 708 g/mol. The summed E-state index contributed by atoms with van der Waals surface area (Å²) in [6.07, 6.45) is 1.61. The number of anilines is 2. The summed E-state index contributed by atoms with van der Waals surface area (Å²) >= 11 is 1.44. The van der Waals surface area contributed by atoms with Crippen molar-refractivity contribution in [2.75, 3.05) is 31.6 Å². The molecule has 2 aromatic carbocycles. The number of ether oxygens (including phenoxy) is 3. The zero-order valence-electron chi connectivity index (χ0n) is 27.3. The molecule has 260 valence electrons. The van der Waals surface area contributed by atoms with E-state index in [1.165, 1.54) is 15.6 Å². The third-order valence-corrected chi connectivity index (χ3v) is 11.1. The number of pyridine rings is 1. The lowest BCUT2D eigenvalue weighted by Gasteiger charge is -2.31. The Kier molecular flexibility index (Phi) is 11.2. The van der Waals surface area contributed by atoms with E-state index < -0.39 is 34.4 Å². The van der Waals surface area contributed by atoms with Crippen molar-refractivity contribution in [3.8, 4) is 11.3 Å². The fourth-order valence-corrected chi connectivity index (χ4v) is 8.37. The summed E-state index contributed by atoms with van der Waals surface area (Å²) in [5.74, 6) is -0.0698. The molecule has 14 heteroatoms. The van der Waals surface area contributed by atoms with Gasteiger partial charge in [0.2, 0.25) is 10.0 Å². The Balaban J connectivity index is 1.16. The molecule has 0 bridgehead atoms. The molecule has 0 aliphatic carbocycles. The van der Waals surface area contributed by atoms with Crippen LogP contribution in [-0.4, -0.2) is 84.7 Å². The molecule has 0 saturated carbocycles. The molecule has 2 aliphatic rings. The van der Waals surface area contributed by atoms with Gasteiger partial charge in [-0.3, -0.25) is 4.98 Å². The van der Waals surface area contributed by atoms with Gasteiger partial charge in [-0.05, 0) is 48.6 Å². The van der Waals surface area contributed by atoms with Gasteiger partial charge in [-0.25, -0.2) is 18.2 Å². The molecular weight excluding hydrogens is 667 g/mol. The minimum atomic E-state index is -4.03. The maximum absolute atomic E-state index is 14.0. The second-order valence-corrected chi connectivity index (χ2v) is 15.4. The first-order chi connectivity index (χ1) is 23.7. The van der Waals surface area contributed by atoms with Crippen LogP contribution in [0.5, 0.6) is 0 Å². The van der Waals surface area contributed by atoms with E-state index in [1.54, 1.807) is 36.7 Å². The number of rotatable bonds is 14. The lowest BCUT2D eigenvalue weighted by atomic mass is 10.0. The van der Waals surface area contributed by atoms with Crippen LogP contribution in [0.15, 0.2) is 89.4 Å². The van der Waals surface area contributed by atoms with Crippen molar-refractivity contribution in [3.63, 3.8) is 0 Å². The molecule has 6 rings (SSSR count). The highest BCUT2D eigenvalue weighted by molar-refractivity contribution is 7.89. The number of benzene rings is 2. The largest absolute Gasteiger partial charge is 0.443 e. The number of aliphatic hydroxyl groups is 1. The maximum Gasteiger partial charge on any atom is 0.407 e. The summed E-state index contributed by atoms with van der Waals surface area (Å²) < 4.78 is 46.2. The van der Waals surface area contributed by atoms with E-state index in [4.69, 9.17) is 14.2 Å². The Morgan fingerprint density at radius 3 is 2.55 bits per heavy atom. The third-order valence-electron chi connectivity index (χ3n) is 8.49. The zero-order chi connectivity index (χ0) is 34.4. The number of nitrogens with zero attached hydrogens (tertiary/aromatic N) is 3. The van der Waals surface area contributed by atoms with E-state index in [1.807, 2.05) is 61.7 Å². The predicted molar refractivity (Wildman–Crippen MR) is 186 cm³/mol. The van der Waals surface area contributed by atoms with Crippen molar-refractivity contribution in [3.05, 3.63) is 90.1 Å². The molecule has 2 fully saturated rings. The minimum absolute atomic E-state index is 0.0305. The summed E-state index contributed by atoms with van der Waals surface area (Å²) in [5, 5.41) is 20.3. The van der Waals surface area contributed by atoms with Crippen LogP contribution in [0.3, 0.4) is 0 Å². The minimum Gasteiger partial charge on any atom is -0.443 e. The Morgan fingerprint density at radius 2 is 1.82 bits per heavy atom. The van der Waals surface area contributed by atoms with Crippen LogP contribution in [0.4, 0.5) is 15.6 Å². The number of amides is 1. The molecule has 4 aromatic rings. The zero-order valence-corrected chi connectivity index (χ0v) is 29.0. The summed E-state index contributed by atoms with van der Waals surface area (Å²) in [4.78, 5) is 21.9. The number of hydrogen-bond acceptors (Lipinski definition) is 11. The van der Waals surface area contributed by atoms with Gasteiger partial charge >= 0.3 is 6.09 Å². The number of carbonyl (C=O) groups is 1. The number of carbonyl (C=O) groups excluding carboxylic acids is 1. The van der Waals surface area contributed by atoms with Crippen molar-refractivity contribution in [1.29, 1.82) is 0 Å². The Morgan fingerprint density at radius 1 is 1.06 bits per heavy atom. The Bertz CT molecular complexity index is 1770. The molecule has 2 saturated heterocycles. The molecule has 5 atom stereocenters. The van der Waals surface area contributed by atoms with Gasteiger partial charge in [-0.2, -0.15) is 4.31 Å². The van der Waals surface area contributed by atoms with Crippen molar-refractivity contribution in [2.45, 2.75) is 56.1 Å². The number of aliphatic hydroxyl groups excluding tert-OH is 1. The predicted octanol–water partition coefficient (Wildman–Crippen LogP) is 5.06. The van der Waals surface area contributed by atoms with Gasteiger partial charge < -0.3 is 30.0 Å². The monoisotopic (exact) mass is 707 g/mol. The quantitative estimate of drug-likeness (QED) is 0.162. The standard InChI is InChI=1S/C35H41N5O7S2/c1-23(2)19-40(49(43,44)27-10-8-25(9-11-27)30-22-48-34(38-30)37-26-12-15-36-16-13-26)20-31(41)29(18-24-6-4-3-5-7-24)39-35(42)47-32-21-46-33-28(32)14-17-45-33/h3-13,15-16,22-23,28-29,31-33,41H,14,17-21H2,1-2H3,(H,39,42)(H,36,37,38)/t28-,29-,31+,32-,33+/m0/s1. The van der Waals surface area contributed by atoms with Crippen LogP contribution in [0.2, 0.25) is 0 Å². The van der Waals surface area contributed by atoms with E-state index in [9.17, 15) is 18.3 Å². The number of hydrogen-bond donors (Lipinski definition) is 3. The second kappa shape index (κ2) is 15.7. The Hall–Kier alpha value is -3.92. The van der Waals surface area contributed by atoms with Crippen LogP contribution in [-0.2, 0) is 30.7 Å². The van der Waals surface area contributed by atoms with Gasteiger partial charge in [0, 0.05) is 42.1 Å². The molecule has 4 heterocycles. The van der Waals surface area contributed by atoms with Crippen LogP contribution >= 0.6 is 11.3 Å². The average Bonchev–Trinajstić information content (AvgIpc) is 3.84. The number of thiazole rings is 1. The van der Waals surface area contributed by atoms with Crippen LogP contribution in [0.1, 0.15) is 25.8 Å². The maximum atomic E-state index is 14.0. The van der Waals surface area contributed by atoms with Gasteiger partial charge in [-0.15, -0.1) is 11.3 Å². The van der Waals surface area contributed by atoms with Gasteiger partial charge in [0.25, 0.3) is 0 Å². The number of alkyl carbamates (subject to hydrolysis) is 1. The summed E-state index contributed by atoms with van der Waals surface area (Å²) in [7, 11) is -4.03. The first-order valence-electron chi connectivity index (χ1n) is 16.3. The Labute approximate surface area is 290 Å². The first-order valence-corrected chi connectivity index (χ1v) is 18.6. The van der Waals surface area contributed by atoms with Gasteiger partial charge in [0.1, 0.15) is 6.10 Å². The molecule has 3 N–H and O–H groups in total. The van der Waals surface area contributed by atoms with Gasteiger partial charge in [-0.1, -0.05) is 56.3 Å². The third kappa shape index (κ3) is 8.82. The van der Waals surface area contributed by atoms with Crippen molar-refractivity contribution in [2.24, 2.45) is 11.8 Å². The van der Waals surface area contributed by atoms with Crippen molar-refractivity contribution >= 4 is 38.3 Å². The molecule has 1 amide bonds. The highest BCUT2D eigenvalue weighted by Gasteiger charge is 2.44. The lowest BCUT2D eigenvalue weighted by Crippen LogP contribution is -2.51. The lowest BCUT2D eigenvalue weighted by molar-refractivity contribution is -0.0907. The second-order valence-electron chi connectivity index (χ2n) is 12.6. The summed E-state index contributed by atoms with van der Waals surface area (Å²) in [6, 6.07) is 18.8. The summed E-state index contributed by atoms with van der Waals surface area (Å²) in [5.41, 5.74) is 3.21. The molecule has 2 aliphatic heterocycles. The van der Waals surface area contributed by atoms with E-state index in [0.717, 1.165) is 23.2 Å². The highest BCUT2D eigenvalue weighted by atomic mass is 32.2. The highest BCUT2D eigenvalue weighted by Crippen LogP contribution is 2.33. The number of aromatic nitrogens is 2. The van der Waals surface area contributed by atoms with E-state index in [0.29, 0.717) is 17.4 Å². The van der Waals surface area contributed by atoms with Crippen LogP contribution in [0, 0.1) is 11.8 Å². The number of nitrogens with one attached hydrogen (secondary N) is 2. The molecule has 0 radical (unpaired) electrons. The molecule has 0 spiro atoms. The van der Waals surface area contributed by atoms with Crippen LogP contribution in [0.25, 0.3) is 11.3 Å². The van der Waals surface area contributed by atoms with Gasteiger partial charge in [0.05, 0.1) is 41.9 Å². The molecular formula is C35H41N5O7S2. The van der Waals surface area contributed by atoms with Crippen molar-refractivity contribution in [1.82, 2.24) is 19.6 Å². The molecule has 0 unspecified atom stereocenters. The molecule has 2 aromatic heterocycles. The number of fused-ring (bicyclic) bond motifs is 1. The SMILES string of the molecule is CC(C)CN(C[C@@H](O)[C@H](Cc1ccccc1)NC(=O)O[C@H]1CO[C@H]2OCC[C@H]21)S(=O)(=O)c1ccc(-c2csc(Nc3ccncc3)n2)cc1. The van der Waals surface area contributed by atoms with E-state index >= 15 is 0 Å². The first kappa shape index (κ1) is 34.9. The van der Waals surface area contributed by atoms with Gasteiger partial charge in [0.15, 0.2) is 11.4 Å². The van der Waals surface area contributed by atoms with Crippen molar-refractivity contribution < 1.29 is 32.5 Å². The normalized spacial score (nSPS) is 20.2. The van der Waals surface area contributed by atoms with E-state index in [2.05, 4.69) is 20.6 Å². The molecule has 49 heavy (non-hydrogen) atoms. The molecule has 12 nitrogen and oxygen atoms in total.